The van der Waals surface area contributed by atoms with Crippen LogP contribution in [0.1, 0.15) is 32.1 Å². The van der Waals surface area contributed by atoms with Gasteiger partial charge in [-0.15, -0.1) is 11.8 Å². The predicted molar refractivity (Wildman–Crippen MR) is 103 cm³/mol. The van der Waals surface area contributed by atoms with E-state index >= 15 is 0 Å². The number of hydrogen-bond donors (Lipinski definition) is 2. The quantitative estimate of drug-likeness (QED) is 0.727. The van der Waals surface area contributed by atoms with Gasteiger partial charge in [0.25, 0.3) is 0 Å². The summed E-state index contributed by atoms with van der Waals surface area (Å²) in [5.41, 5.74) is 0.921. The Morgan fingerprint density at radius 1 is 1.20 bits per heavy atom. The molecule has 1 aliphatic carbocycles. The molecule has 1 saturated heterocycles. The highest BCUT2D eigenvalue weighted by Crippen LogP contribution is 2.37. The average Bonchev–Trinajstić information content (AvgIpc) is 3.14. The van der Waals surface area contributed by atoms with Gasteiger partial charge in [0, 0.05) is 29.8 Å². The van der Waals surface area contributed by atoms with Gasteiger partial charge in [0.05, 0.1) is 18.9 Å². The van der Waals surface area contributed by atoms with E-state index in [0.717, 1.165) is 45.0 Å². The monoisotopic (exact) mass is 363 g/mol. The number of benzene rings is 1. The average molecular weight is 364 g/mol. The van der Waals surface area contributed by atoms with Gasteiger partial charge in [-0.05, 0) is 37.9 Å². The van der Waals surface area contributed by atoms with E-state index < -0.39 is 0 Å². The molecule has 1 aromatic rings. The van der Waals surface area contributed by atoms with Crippen molar-refractivity contribution in [1.82, 2.24) is 10.2 Å². The van der Waals surface area contributed by atoms with Gasteiger partial charge in [-0.1, -0.05) is 25.0 Å². The minimum atomic E-state index is -0.110. The first-order chi connectivity index (χ1) is 12.3. The summed E-state index contributed by atoms with van der Waals surface area (Å²) in [4.78, 5) is 15.8. The fraction of sp³-hybridized carbons (Fsp3) is 0.632. The Labute approximate surface area is 154 Å². The molecule has 2 fully saturated rings. The first kappa shape index (κ1) is 18.5. The zero-order valence-electron chi connectivity index (χ0n) is 14.8. The van der Waals surface area contributed by atoms with Crippen LogP contribution in [0.25, 0.3) is 0 Å². The van der Waals surface area contributed by atoms with Gasteiger partial charge in [-0.2, -0.15) is 0 Å². The van der Waals surface area contributed by atoms with E-state index in [-0.39, 0.29) is 6.03 Å². The smallest absolute Gasteiger partial charge is 0.319 e. The number of carbonyl (C=O) groups is 1. The van der Waals surface area contributed by atoms with Crippen LogP contribution in [0.4, 0.5) is 10.5 Å². The molecule has 0 bridgehead atoms. The van der Waals surface area contributed by atoms with E-state index in [0.29, 0.717) is 11.8 Å². The van der Waals surface area contributed by atoms with Gasteiger partial charge in [0.1, 0.15) is 0 Å². The van der Waals surface area contributed by atoms with E-state index in [4.69, 9.17) is 4.74 Å². The van der Waals surface area contributed by atoms with Crippen LogP contribution >= 0.6 is 11.8 Å². The number of amides is 2. The second-order valence-electron chi connectivity index (χ2n) is 6.71. The first-order valence-electron chi connectivity index (χ1n) is 9.42. The van der Waals surface area contributed by atoms with Crippen LogP contribution in [0, 0.1) is 0 Å². The van der Waals surface area contributed by atoms with E-state index in [1.807, 2.05) is 30.0 Å². The third-order valence-corrected chi connectivity index (χ3v) is 6.19. The van der Waals surface area contributed by atoms with Crippen molar-refractivity contribution in [2.75, 3.05) is 44.7 Å². The molecule has 2 amide bonds. The Morgan fingerprint density at radius 3 is 2.76 bits per heavy atom. The van der Waals surface area contributed by atoms with Crippen LogP contribution in [-0.4, -0.2) is 55.6 Å². The molecular formula is C19H29N3O2S. The fourth-order valence-electron chi connectivity index (χ4n) is 3.35. The van der Waals surface area contributed by atoms with Gasteiger partial charge in [-0.25, -0.2) is 4.79 Å². The molecule has 25 heavy (non-hydrogen) atoms. The molecule has 3 rings (SSSR count). The number of carbonyl (C=O) groups excluding carboxylic acids is 1. The summed E-state index contributed by atoms with van der Waals surface area (Å²) in [6, 6.07) is 8.01. The highest BCUT2D eigenvalue weighted by Gasteiger charge is 2.18. The van der Waals surface area contributed by atoms with Crippen LogP contribution in [-0.2, 0) is 4.74 Å². The van der Waals surface area contributed by atoms with Gasteiger partial charge < -0.3 is 15.4 Å². The molecule has 138 valence electrons. The summed E-state index contributed by atoms with van der Waals surface area (Å²) in [5, 5.41) is 6.69. The van der Waals surface area contributed by atoms with Crippen molar-refractivity contribution >= 4 is 23.5 Å². The van der Waals surface area contributed by atoms with E-state index in [1.54, 1.807) is 0 Å². The third-order valence-electron chi connectivity index (χ3n) is 4.77. The zero-order chi connectivity index (χ0) is 17.3. The number of urea groups is 1. The molecule has 5 nitrogen and oxygen atoms in total. The number of anilines is 1. The van der Waals surface area contributed by atoms with Crippen molar-refractivity contribution in [3.05, 3.63) is 24.3 Å². The van der Waals surface area contributed by atoms with Gasteiger partial charge >= 0.3 is 6.03 Å². The maximum atomic E-state index is 12.2. The number of nitrogens with one attached hydrogen (secondary N) is 2. The van der Waals surface area contributed by atoms with E-state index in [2.05, 4.69) is 21.6 Å². The van der Waals surface area contributed by atoms with Crippen LogP contribution in [0.3, 0.4) is 0 Å². The minimum absolute atomic E-state index is 0.110. The fourth-order valence-corrected chi connectivity index (χ4v) is 4.69. The van der Waals surface area contributed by atoms with Crippen molar-refractivity contribution in [2.24, 2.45) is 0 Å². The van der Waals surface area contributed by atoms with Gasteiger partial charge in [0.2, 0.25) is 0 Å². The second kappa shape index (κ2) is 10.0. The number of hydrogen-bond acceptors (Lipinski definition) is 4. The van der Waals surface area contributed by atoms with Crippen molar-refractivity contribution < 1.29 is 9.53 Å². The van der Waals surface area contributed by atoms with Crippen LogP contribution in [0.5, 0.6) is 0 Å². The summed E-state index contributed by atoms with van der Waals surface area (Å²) in [5.74, 6) is 0. The number of thioether (sulfide) groups is 1. The lowest BCUT2D eigenvalue weighted by atomic mass is 10.3. The maximum Gasteiger partial charge on any atom is 0.319 e. The summed E-state index contributed by atoms with van der Waals surface area (Å²) in [6.07, 6.45) is 6.19. The zero-order valence-corrected chi connectivity index (χ0v) is 15.7. The molecule has 1 aromatic carbocycles. The SMILES string of the molecule is O=C(NCCCN1CCOCC1)Nc1ccccc1SC1CCCC1. The molecule has 1 heterocycles. The molecular weight excluding hydrogens is 334 g/mol. The van der Waals surface area contributed by atoms with Crippen molar-refractivity contribution in [3.8, 4) is 0 Å². The number of morpholine rings is 1. The lowest BCUT2D eigenvalue weighted by Gasteiger charge is -2.26. The van der Waals surface area contributed by atoms with Crippen LogP contribution < -0.4 is 10.6 Å². The van der Waals surface area contributed by atoms with E-state index in [1.165, 1.54) is 30.6 Å². The lowest BCUT2D eigenvalue weighted by Crippen LogP contribution is -2.38. The van der Waals surface area contributed by atoms with E-state index in [9.17, 15) is 4.79 Å². The largest absolute Gasteiger partial charge is 0.379 e. The molecule has 1 aliphatic heterocycles. The highest BCUT2D eigenvalue weighted by atomic mass is 32.2. The molecule has 0 spiro atoms. The number of ether oxygens (including phenoxy) is 1. The third kappa shape index (κ3) is 6.20. The van der Waals surface area contributed by atoms with Crippen LogP contribution in [0.15, 0.2) is 29.2 Å². The maximum absolute atomic E-state index is 12.2. The van der Waals surface area contributed by atoms with Crippen molar-refractivity contribution in [3.63, 3.8) is 0 Å². The van der Waals surface area contributed by atoms with Crippen molar-refractivity contribution in [2.45, 2.75) is 42.2 Å². The van der Waals surface area contributed by atoms with Crippen molar-refractivity contribution in [1.29, 1.82) is 0 Å². The molecule has 6 heteroatoms. The Balaban J connectivity index is 1.39. The standard InChI is InChI=1S/C19H29N3O2S/c23-19(20-10-5-11-22-12-14-24-15-13-22)21-17-8-3-4-9-18(17)25-16-6-1-2-7-16/h3-4,8-9,16H,1-2,5-7,10-15H2,(H2,20,21,23). The summed E-state index contributed by atoms with van der Waals surface area (Å²) >= 11 is 1.91. The number of rotatable bonds is 7. The first-order valence-corrected chi connectivity index (χ1v) is 10.3. The molecule has 2 N–H and O–H groups in total. The lowest BCUT2D eigenvalue weighted by molar-refractivity contribution is 0.0375. The molecule has 1 saturated carbocycles. The number of para-hydroxylation sites is 1. The molecule has 2 aliphatic rings. The Hall–Kier alpha value is -1.24. The topological polar surface area (TPSA) is 53.6 Å². The summed E-state index contributed by atoms with van der Waals surface area (Å²) in [6.45, 7) is 5.35. The molecule has 0 radical (unpaired) electrons. The second-order valence-corrected chi connectivity index (χ2v) is 8.05. The Kier molecular flexibility index (Phi) is 7.45. The summed E-state index contributed by atoms with van der Waals surface area (Å²) in [7, 11) is 0. The van der Waals surface area contributed by atoms with Gasteiger partial charge in [0.15, 0.2) is 0 Å². The minimum Gasteiger partial charge on any atom is -0.379 e. The number of nitrogens with zero attached hydrogens (tertiary/aromatic N) is 1. The molecule has 0 atom stereocenters. The Bertz CT molecular complexity index is 543. The highest BCUT2D eigenvalue weighted by molar-refractivity contribution is 8.00. The normalized spacial score (nSPS) is 19.0. The molecule has 0 unspecified atom stereocenters. The van der Waals surface area contributed by atoms with Gasteiger partial charge in [-0.3, -0.25) is 4.90 Å². The molecule has 0 aromatic heterocycles. The summed E-state index contributed by atoms with van der Waals surface area (Å²) < 4.78 is 5.35. The predicted octanol–water partition coefficient (Wildman–Crippen LogP) is 3.57. The Morgan fingerprint density at radius 2 is 1.96 bits per heavy atom. The van der Waals surface area contributed by atoms with Crippen LogP contribution in [0.2, 0.25) is 0 Å².